The number of carbonyl (C=O) groups is 1. The Labute approximate surface area is 143 Å². The van der Waals surface area contributed by atoms with Gasteiger partial charge in [-0.15, -0.1) is 0 Å². The summed E-state index contributed by atoms with van der Waals surface area (Å²) in [5, 5.41) is 13.5. The zero-order valence-corrected chi connectivity index (χ0v) is 14.9. The molecule has 1 fully saturated rings. The van der Waals surface area contributed by atoms with Gasteiger partial charge in [-0.2, -0.15) is 0 Å². The summed E-state index contributed by atoms with van der Waals surface area (Å²) in [7, 11) is 0. The summed E-state index contributed by atoms with van der Waals surface area (Å²) in [5.41, 5.74) is 0.944. The average Bonchev–Trinajstić information content (AvgIpc) is 3.22. The predicted molar refractivity (Wildman–Crippen MR) is 93.8 cm³/mol. The molecule has 0 spiro atoms. The lowest BCUT2D eigenvalue weighted by atomic mass is 10.1. The highest BCUT2D eigenvalue weighted by molar-refractivity contribution is 5.80. The van der Waals surface area contributed by atoms with E-state index < -0.39 is 0 Å². The molecule has 7 nitrogen and oxygen atoms in total. The van der Waals surface area contributed by atoms with Crippen LogP contribution in [0.2, 0.25) is 0 Å². The van der Waals surface area contributed by atoms with E-state index in [9.17, 15) is 4.79 Å². The fraction of sp³-hybridized carbons (Fsp3) is 0.706. The van der Waals surface area contributed by atoms with Gasteiger partial charge in [-0.25, -0.2) is 4.99 Å². The normalized spacial score (nSPS) is 14.8. The molecule has 0 radical (unpaired) electrons. The number of carbonyl (C=O) groups excluding carboxylic acids is 1. The van der Waals surface area contributed by atoms with Gasteiger partial charge < -0.3 is 20.5 Å². The fourth-order valence-electron chi connectivity index (χ4n) is 2.16. The fourth-order valence-corrected chi connectivity index (χ4v) is 2.16. The zero-order valence-electron chi connectivity index (χ0n) is 14.9. The van der Waals surface area contributed by atoms with Crippen molar-refractivity contribution in [2.24, 2.45) is 4.99 Å². The van der Waals surface area contributed by atoms with Gasteiger partial charge >= 0.3 is 0 Å². The van der Waals surface area contributed by atoms with E-state index in [4.69, 9.17) is 4.52 Å². The average molecular weight is 335 g/mol. The van der Waals surface area contributed by atoms with Crippen molar-refractivity contribution in [3.63, 3.8) is 0 Å². The topological polar surface area (TPSA) is 91.6 Å². The van der Waals surface area contributed by atoms with Crippen molar-refractivity contribution >= 4 is 11.9 Å². The third-order valence-electron chi connectivity index (χ3n) is 3.72. The van der Waals surface area contributed by atoms with Crippen molar-refractivity contribution in [1.82, 2.24) is 21.1 Å². The maximum atomic E-state index is 11.6. The predicted octanol–water partition coefficient (Wildman–Crippen LogP) is 1.91. The lowest BCUT2D eigenvalue weighted by Crippen LogP contribution is -2.38. The monoisotopic (exact) mass is 335 g/mol. The molecule has 24 heavy (non-hydrogen) atoms. The van der Waals surface area contributed by atoms with Gasteiger partial charge in [0.05, 0.1) is 5.69 Å². The van der Waals surface area contributed by atoms with Crippen LogP contribution in [0.4, 0.5) is 0 Å². The van der Waals surface area contributed by atoms with Gasteiger partial charge in [0.15, 0.2) is 11.7 Å². The number of hydrogen-bond donors (Lipinski definition) is 3. The standard InChI is InChI=1S/C17H29N5O2/c1-4-18-17(19-9-5-6-16(23)21-13-7-8-13)20-11-14-10-15(12(2)3)22-24-14/h10,12-13H,4-9,11H2,1-3H3,(H,21,23)(H2,18,19,20). The second kappa shape index (κ2) is 9.30. The van der Waals surface area contributed by atoms with Crippen LogP contribution in [0.1, 0.15) is 63.8 Å². The van der Waals surface area contributed by atoms with E-state index in [0.29, 0.717) is 31.5 Å². The van der Waals surface area contributed by atoms with E-state index >= 15 is 0 Å². The Morgan fingerprint density at radius 2 is 2.21 bits per heavy atom. The van der Waals surface area contributed by atoms with Crippen LogP contribution >= 0.6 is 0 Å². The number of nitrogens with one attached hydrogen (secondary N) is 3. The van der Waals surface area contributed by atoms with E-state index in [1.54, 1.807) is 0 Å². The van der Waals surface area contributed by atoms with E-state index in [2.05, 4.69) is 39.9 Å². The number of aromatic nitrogens is 1. The van der Waals surface area contributed by atoms with Gasteiger partial charge in [0.25, 0.3) is 0 Å². The lowest BCUT2D eigenvalue weighted by Gasteiger charge is -2.10. The Bertz CT molecular complexity index is 549. The van der Waals surface area contributed by atoms with Gasteiger partial charge in [0.2, 0.25) is 5.91 Å². The van der Waals surface area contributed by atoms with Crippen LogP contribution in [-0.4, -0.2) is 36.2 Å². The van der Waals surface area contributed by atoms with Gasteiger partial charge in [-0.3, -0.25) is 4.79 Å². The molecule has 0 bridgehead atoms. The van der Waals surface area contributed by atoms with Crippen LogP contribution in [0.3, 0.4) is 0 Å². The van der Waals surface area contributed by atoms with E-state index in [-0.39, 0.29) is 5.91 Å². The minimum absolute atomic E-state index is 0.143. The minimum Gasteiger partial charge on any atom is -0.359 e. The highest BCUT2D eigenvalue weighted by atomic mass is 16.5. The van der Waals surface area contributed by atoms with E-state index in [0.717, 1.165) is 43.2 Å². The van der Waals surface area contributed by atoms with Crippen LogP contribution in [-0.2, 0) is 11.3 Å². The first-order valence-electron chi connectivity index (χ1n) is 8.85. The van der Waals surface area contributed by atoms with Crippen molar-refractivity contribution in [3.8, 4) is 0 Å². The maximum Gasteiger partial charge on any atom is 0.220 e. The molecule has 1 heterocycles. The summed E-state index contributed by atoms with van der Waals surface area (Å²) in [4.78, 5) is 16.1. The Morgan fingerprint density at radius 3 is 2.83 bits per heavy atom. The van der Waals surface area contributed by atoms with Crippen molar-refractivity contribution < 1.29 is 9.32 Å². The molecular formula is C17H29N5O2. The minimum atomic E-state index is 0.143. The third kappa shape index (κ3) is 6.60. The molecule has 1 amide bonds. The molecular weight excluding hydrogens is 306 g/mol. The molecule has 134 valence electrons. The maximum absolute atomic E-state index is 11.6. The van der Waals surface area contributed by atoms with Crippen molar-refractivity contribution in [2.75, 3.05) is 13.1 Å². The Kier molecular flexibility index (Phi) is 7.08. The third-order valence-corrected chi connectivity index (χ3v) is 3.72. The van der Waals surface area contributed by atoms with Gasteiger partial charge in [-0.05, 0) is 32.1 Å². The summed E-state index contributed by atoms with van der Waals surface area (Å²) in [5.74, 6) is 1.96. The first-order chi connectivity index (χ1) is 11.6. The molecule has 3 N–H and O–H groups in total. The highest BCUT2D eigenvalue weighted by Crippen LogP contribution is 2.18. The second-order valence-electron chi connectivity index (χ2n) is 6.44. The van der Waals surface area contributed by atoms with E-state index in [1.807, 2.05) is 13.0 Å². The molecule has 1 aliphatic rings. The lowest BCUT2D eigenvalue weighted by molar-refractivity contribution is -0.121. The number of nitrogens with zero attached hydrogens (tertiary/aromatic N) is 2. The highest BCUT2D eigenvalue weighted by Gasteiger charge is 2.22. The molecule has 2 rings (SSSR count). The molecule has 0 unspecified atom stereocenters. The largest absolute Gasteiger partial charge is 0.359 e. The second-order valence-corrected chi connectivity index (χ2v) is 6.44. The molecule has 7 heteroatoms. The number of aliphatic imine (C=N–C) groups is 1. The summed E-state index contributed by atoms with van der Waals surface area (Å²) < 4.78 is 5.29. The number of hydrogen-bond acceptors (Lipinski definition) is 4. The Morgan fingerprint density at radius 1 is 1.42 bits per heavy atom. The van der Waals surface area contributed by atoms with Crippen molar-refractivity contribution in [2.45, 2.75) is 65.0 Å². The smallest absolute Gasteiger partial charge is 0.220 e. The summed E-state index contributed by atoms with van der Waals surface area (Å²) >= 11 is 0. The molecule has 0 atom stereocenters. The molecule has 1 saturated carbocycles. The van der Waals surface area contributed by atoms with Gasteiger partial charge in [-0.1, -0.05) is 19.0 Å². The molecule has 0 aromatic carbocycles. The van der Waals surface area contributed by atoms with Crippen LogP contribution in [0, 0.1) is 0 Å². The Balaban J connectivity index is 1.71. The van der Waals surface area contributed by atoms with Crippen molar-refractivity contribution in [3.05, 3.63) is 17.5 Å². The molecule has 1 aliphatic carbocycles. The van der Waals surface area contributed by atoms with Gasteiger partial charge in [0.1, 0.15) is 6.54 Å². The summed E-state index contributed by atoms with van der Waals surface area (Å²) in [6.45, 7) is 8.10. The molecule has 0 saturated heterocycles. The number of amides is 1. The first kappa shape index (κ1) is 18.3. The van der Waals surface area contributed by atoms with Gasteiger partial charge in [0, 0.05) is 31.6 Å². The van der Waals surface area contributed by atoms with E-state index in [1.165, 1.54) is 0 Å². The SMILES string of the molecule is CCNC(=NCc1cc(C(C)C)no1)NCCCC(=O)NC1CC1. The van der Waals surface area contributed by atoms with Crippen molar-refractivity contribution in [1.29, 1.82) is 0 Å². The first-order valence-corrected chi connectivity index (χ1v) is 8.85. The quantitative estimate of drug-likeness (QED) is 0.364. The van der Waals surface area contributed by atoms with Crippen LogP contribution in [0.25, 0.3) is 0 Å². The van der Waals surface area contributed by atoms with Crippen LogP contribution in [0.5, 0.6) is 0 Å². The molecule has 1 aromatic rings. The Hall–Kier alpha value is -2.05. The summed E-state index contributed by atoms with van der Waals surface area (Å²) in [6, 6.07) is 2.38. The summed E-state index contributed by atoms with van der Waals surface area (Å²) in [6.07, 6.45) is 3.58. The van der Waals surface area contributed by atoms with Crippen LogP contribution in [0.15, 0.2) is 15.6 Å². The van der Waals surface area contributed by atoms with Crippen LogP contribution < -0.4 is 16.0 Å². The molecule has 0 aliphatic heterocycles. The molecule has 1 aromatic heterocycles. The number of rotatable bonds is 9. The zero-order chi connectivity index (χ0) is 17.4. The number of guanidine groups is 1.